The normalized spacial score (nSPS) is 17.4. The topological polar surface area (TPSA) is 0 Å². The standard InChI is InChI=1S/C21H23.C20H21.2CH3.2ClH.H2Si.Zr/c1-14-12-19-15(2)6-11-18(20(19)13-14)16-7-9-17(10-8-16)21(3,4)5;1-13(2)17-11-16-9-6-10-18(19(16)12-17)20-14(3)7-5-8-15(20)4;;;;;;/h6-13H,1-5H3;5-13H,1-4H3;2*1H3;2*1H;1H2;. The Hall–Kier alpha value is -1.96. The van der Waals surface area contributed by atoms with E-state index in [0.717, 1.165) is 0 Å². The quantitative estimate of drug-likeness (QED) is 0.178. The van der Waals surface area contributed by atoms with Gasteiger partial charge in [-0.05, 0) is 0 Å². The van der Waals surface area contributed by atoms with Crippen LogP contribution in [0.1, 0.15) is 93.3 Å². The molecular formula is C43H54Cl2SiZr. The summed E-state index contributed by atoms with van der Waals surface area (Å²) in [6.45, 7) is 23.5. The third-order valence-electron chi connectivity index (χ3n) is 11.1. The van der Waals surface area contributed by atoms with E-state index in [1.54, 1.807) is 22.3 Å². The summed E-state index contributed by atoms with van der Waals surface area (Å²) in [6.07, 6.45) is 5.19. The molecule has 0 nitrogen and oxygen atoms in total. The monoisotopic (exact) mass is 758 g/mol. The van der Waals surface area contributed by atoms with Crippen LogP contribution in [0.25, 0.3) is 34.4 Å². The molecule has 2 aliphatic carbocycles. The zero-order valence-electron chi connectivity index (χ0n) is 30.3. The maximum Gasteiger partial charge on any atom is -0.147 e. The van der Waals surface area contributed by atoms with E-state index in [2.05, 4.69) is 163 Å². The fraction of sp³-hybridized carbons (Fsp3) is 0.349. The maximum absolute atomic E-state index is 3.70. The third-order valence-corrected chi connectivity index (χ3v) is 28.7. The number of hydrogen-bond donors (Lipinski definition) is 0. The molecule has 47 heavy (non-hydrogen) atoms. The molecule has 2 aliphatic rings. The molecule has 0 aliphatic heterocycles. The molecule has 0 amide bonds. The van der Waals surface area contributed by atoms with Crippen molar-refractivity contribution in [3.63, 3.8) is 0 Å². The van der Waals surface area contributed by atoms with Crippen molar-refractivity contribution >= 4 is 43.8 Å². The van der Waals surface area contributed by atoms with Gasteiger partial charge in [0.05, 0.1) is 0 Å². The van der Waals surface area contributed by atoms with Crippen LogP contribution in [0.4, 0.5) is 0 Å². The zero-order valence-corrected chi connectivity index (χ0v) is 35.8. The number of rotatable bonds is 5. The van der Waals surface area contributed by atoms with Gasteiger partial charge in [-0.15, -0.1) is 24.8 Å². The van der Waals surface area contributed by atoms with Crippen molar-refractivity contribution in [3.05, 3.63) is 128 Å². The van der Waals surface area contributed by atoms with Crippen LogP contribution < -0.4 is 0 Å². The van der Waals surface area contributed by atoms with E-state index in [0.29, 0.717) is 13.2 Å². The summed E-state index contributed by atoms with van der Waals surface area (Å²) in [4.78, 5) is 0. The average Bonchev–Trinajstić information content (AvgIpc) is 3.53. The van der Waals surface area contributed by atoms with Crippen molar-refractivity contribution < 1.29 is 17.4 Å². The van der Waals surface area contributed by atoms with Gasteiger partial charge < -0.3 is 0 Å². The van der Waals surface area contributed by atoms with E-state index >= 15 is 0 Å². The van der Waals surface area contributed by atoms with Crippen molar-refractivity contribution in [1.29, 1.82) is 0 Å². The molecule has 0 saturated heterocycles. The summed E-state index contributed by atoms with van der Waals surface area (Å²) >= 11 is -3.70. The van der Waals surface area contributed by atoms with Gasteiger partial charge in [0.1, 0.15) is 0 Å². The number of benzene rings is 4. The molecule has 4 aromatic rings. The van der Waals surface area contributed by atoms with Crippen LogP contribution >= 0.6 is 24.8 Å². The fourth-order valence-electron chi connectivity index (χ4n) is 9.05. The van der Waals surface area contributed by atoms with Crippen LogP contribution in [0.3, 0.4) is 0 Å². The first-order valence-corrected chi connectivity index (χ1v) is 30.6. The molecule has 4 aromatic carbocycles. The minimum absolute atomic E-state index is 0. The fourth-order valence-corrected chi connectivity index (χ4v) is 29.7. The Balaban J connectivity index is 0.00000250. The first-order chi connectivity index (χ1) is 21.0. The van der Waals surface area contributed by atoms with Crippen molar-refractivity contribution in [2.24, 2.45) is 5.92 Å². The number of allylic oxidation sites excluding steroid dienone is 2. The number of halogens is 2. The van der Waals surface area contributed by atoms with Gasteiger partial charge >= 0.3 is 277 Å². The van der Waals surface area contributed by atoms with Crippen LogP contribution in [0.5, 0.6) is 0 Å². The minimum atomic E-state index is -3.70. The summed E-state index contributed by atoms with van der Waals surface area (Å²) in [5.74, 6) is 0.504. The Morgan fingerprint density at radius 3 is 1.83 bits per heavy atom. The molecule has 0 bridgehead atoms. The molecule has 0 radical (unpaired) electrons. The summed E-state index contributed by atoms with van der Waals surface area (Å²) in [5, 5.41) is 0. The van der Waals surface area contributed by atoms with Crippen LogP contribution in [0.2, 0.25) is 9.26 Å². The average molecular weight is 761 g/mol. The molecule has 6 rings (SSSR count). The number of hydrogen-bond acceptors (Lipinski definition) is 0. The maximum atomic E-state index is 2.78. The van der Waals surface area contributed by atoms with Crippen molar-refractivity contribution in [1.82, 2.24) is 0 Å². The Kier molecular flexibility index (Phi) is 10.5. The van der Waals surface area contributed by atoms with Crippen LogP contribution in [0.15, 0.2) is 83.9 Å². The predicted molar refractivity (Wildman–Crippen MR) is 213 cm³/mol. The Bertz CT molecular complexity index is 1960. The van der Waals surface area contributed by atoms with Crippen LogP contribution in [-0.4, -0.2) is 6.88 Å². The van der Waals surface area contributed by atoms with E-state index in [4.69, 9.17) is 0 Å². The largest absolute Gasteiger partial charge is 0.147 e. The second kappa shape index (κ2) is 13.1. The summed E-state index contributed by atoms with van der Waals surface area (Å²) < 4.78 is 6.58. The van der Waals surface area contributed by atoms with Gasteiger partial charge in [-0.25, -0.2) is 0 Å². The van der Waals surface area contributed by atoms with Gasteiger partial charge in [-0.1, -0.05) is 0 Å². The molecule has 0 fully saturated rings. The molecule has 4 heteroatoms. The molecule has 2 atom stereocenters. The molecule has 248 valence electrons. The van der Waals surface area contributed by atoms with E-state index in [9.17, 15) is 0 Å². The van der Waals surface area contributed by atoms with Crippen LogP contribution in [-0.2, 0) is 22.8 Å². The molecule has 0 heterocycles. The SMILES string of the molecule is CC1=Cc2c(-c3ccc(C(C)(C)C)cc3)ccc(C)c2[CH]1[Zr]([CH3])([CH3])(=[SiH2])[CH]1C(C(C)C)=Cc2c(-c3c(C)cccc3C)cccc21.Cl.Cl. The number of fused-ring (bicyclic) bond motifs is 2. The van der Waals surface area contributed by atoms with Gasteiger partial charge in [0.2, 0.25) is 0 Å². The van der Waals surface area contributed by atoms with E-state index < -0.39 is 17.4 Å². The van der Waals surface area contributed by atoms with Crippen molar-refractivity contribution in [2.75, 3.05) is 0 Å². The molecule has 0 N–H and O–H groups in total. The van der Waals surface area contributed by atoms with Gasteiger partial charge in [-0.2, -0.15) is 0 Å². The Morgan fingerprint density at radius 2 is 1.26 bits per heavy atom. The first-order valence-electron chi connectivity index (χ1n) is 16.9. The van der Waals surface area contributed by atoms with Gasteiger partial charge in [0, 0.05) is 0 Å². The van der Waals surface area contributed by atoms with Crippen LogP contribution in [0, 0.1) is 26.7 Å². The van der Waals surface area contributed by atoms with Gasteiger partial charge in [-0.3, -0.25) is 0 Å². The molecule has 0 spiro atoms. The van der Waals surface area contributed by atoms with Gasteiger partial charge in [0.15, 0.2) is 0 Å². The smallest absolute Gasteiger partial charge is 0.147 e. The van der Waals surface area contributed by atoms with Crippen molar-refractivity contribution in [3.8, 4) is 22.3 Å². The number of aryl methyl sites for hydroxylation is 3. The first kappa shape index (κ1) is 37.9. The zero-order chi connectivity index (χ0) is 32.7. The van der Waals surface area contributed by atoms with E-state index in [1.807, 2.05) is 0 Å². The Morgan fingerprint density at radius 1 is 0.660 bits per heavy atom. The Labute approximate surface area is 299 Å². The molecule has 2 unspecified atom stereocenters. The minimum Gasteiger partial charge on any atom is -0.147 e. The molecule has 0 saturated carbocycles. The third kappa shape index (κ3) is 6.31. The summed E-state index contributed by atoms with van der Waals surface area (Å²) in [5.41, 5.74) is 20.6. The second-order valence-corrected chi connectivity index (χ2v) is 47.1. The second-order valence-electron chi connectivity index (χ2n) is 16.7. The summed E-state index contributed by atoms with van der Waals surface area (Å²) in [6, 6.07) is 28.1. The van der Waals surface area contributed by atoms with E-state index in [-0.39, 0.29) is 30.2 Å². The molecular weight excluding hydrogens is 707 g/mol. The van der Waals surface area contributed by atoms with E-state index in [1.165, 1.54) is 55.6 Å². The van der Waals surface area contributed by atoms with Crippen molar-refractivity contribution in [2.45, 2.75) is 84.2 Å². The molecule has 0 aromatic heterocycles. The summed E-state index contributed by atoms with van der Waals surface area (Å²) in [7, 11) is 0. The van der Waals surface area contributed by atoms with Gasteiger partial charge in [0.25, 0.3) is 0 Å². The predicted octanol–water partition coefficient (Wildman–Crippen LogP) is 12.7.